The summed E-state index contributed by atoms with van der Waals surface area (Å²) in [5, 5.41) is 0. The number of hydrogen-bond acceptors (Lipinski definition) is 8. The largest absolute Gasteiger partial charge is 3.00 e. The van der Waals surface area contributed by atoms with Crippen LogP contribution in [-0.4, -0.2) is 0 Å². The van der Waals surface area contributed by atoms with Gasteiger partial charge in [0.05, 0.1) is 0 Å². The fraction of sp³-hybridized carbons (Fsp3) is 0. The SMILES string of the molecule is O=P([O-])([O-])[O-].O=P([O-])([O-])[O-].[Eu+3].[La+3]. The van der Waals surface area contributed by atoms with Crippen molar-refractivity contribution < 1.29 is 123 Å². The van der Waals surface area contributed by atoms with Gasteiger partial charge >= 0.3 is 85.0 Å². The van der Waals surface area contributed by atoms with Crippen LogP contribution in [0.15, 0.2) is 0 Å². The van der Waals surface area contributed by atoms with Gasteiger partial charge in [0.15, 0.2) is 0 Å². The Balaban J connectivity index is -0.0000000457. The second kappa shape index (κ2) is 10.5. The van der Waals surface area contributed by atoms with E-state index in [1.807, 2.05) is 0 Å². The summed E-state index contributed by atoms with van der Waals surface area (Å²) in [5.74, 6) is 0. The molecule has 68 valence electrons. The molecule has 0 aromatic heterocycles. The molecular weight excluding hydrogens is 481 g/mol. The molecule has 0 rings (SSSR count). The molecule has 12 heavy (non-hydrogen) atoms. The Bertz CT molecular complexity index is 129. The van der Waals surface area contributed by atoms with E-state index in [9.17, 15) is 0 Å². The van der Waals surface area contributed by atoms with Crippen LogP contribution >= 0.6 is 15.6 Å². The van der Waals surface area contributed by atoms with Crippen molar-refractivity contribution in [1.29, 1.82) is 0 Å². The Morgan fingerprint density at radius 3 is 0.667 bits per heavy atom. The first-order valence-electron chi connectivity index (χ1n) is 1.46. The first-order chi connectivity index (χ1) is 4.00. The topological polar surface area (TPSA) is 172 Å². The molecule has 0 fully saturated rings. The van der Waals surface area contributed by atoms with Gasteiger partial charge in [0.2, 0.25) is 0 Å². The van der Waals surface area contributed by atoms with Gasteiger partial charge in [-0.25, -0.2) is 0 Å². The number of hydrogen-bond donors (Lipinski definition) is 0. The summed E-state index contributed by atoms with van der Waals surface area (Å²) in [6.45, 7) is 0. The predicted octanol–water partition coefficient (Wildman–Crippen LogP) is -5.65. The Morgan fingerprint density at radius 2 is 0.667 bits per heavy atom. The minimum absolute atomic E-state index is 0. The molecule has 0 spiro atoms. The molecule has 0 saturated heterocycles. The van der Waals surface area contributed by atoms with Crippen molar-refractivity contribution in [1.82, 2.24) is 0 Å². The molecule has 0 aliphatic heterocycles. The Hall–Kier alpha value is 3.00. The molecule has 0 N–H and O–H groups in total. The van der Waals surface area contributed by atoms with E-state index in [-0.39, 0.29) is 85.0 Å². The molecule has 0 bridgehead atoms. The summed E-state index contributed by atoms with van der Waals surface area (Å²) in [5.41, 5.74) is 0. The Kier molecular flexibility index (Phi) is 21.3. The molecule has 0 atom stereocenters. The monoisotopic (exact) mass is 482 g/mol. The van der Waals surface area contributed by atoms with E-state index in [0.717, 1.165) is 0 Å². The molecule has 0 radical (unpaired) electrons. The third-order valence-electron chi connectivity index (χ3n) is 0. The van der Waals surface area contributed by atoms with Gasteiger partial charge in [-0.1, -0.05) is 0 Å². The fourth-order valence-electron chi connectivity index (χ4n) is 0. The number of rotatable bonds is 0. The van der Waals surface area contributed by atoms with Crippen LogP contribution in [0.3, 0.4) is 0 Å². The first kappa shape index (κ1) is 24.3. The average Bonchev–Trinajstić information content (AvgIpc) is 1.12. The molecular formula is EuLaO8P2. The molecule has 12 heteroatoms. The molecule has 0 unspecified atom stereocenters. The van der Waals surface area contributed by atoms with E-state index in [4.69, 9.17) is 38.5 Å². The van der Waals surface area contributed by atoms with E-state index in [0.29, 0.717) is 0 Å². The van der Waals surface area contributed by atoms with Gasteiger partial charge in [-0.05, 0) is 0 Å². The van der Waals surface area contributed by atoms with Crippen LogP contribution in [0, 0.1) is 85.0 Å². The summed E-state index contributed by atoms with van der Waals surface area (Å²) in [7, 11) is -10.8. The Morgan fingerprint density at radius 1 is 0.667 bits per heavy atom. The van der Waals surface area contributed by atoms with Crippen molar-refractivity contribution in [3.8, 4) is 0 Å². The van der Waals surface area contributed by atoms with Crippen molar-refractivity contribution in [3.05, 3.63) is 0 Å². The third kappa shape index (κ3) is 208. The molecule has 8 nitrogen and oxygen atoms in total. The maximum absolute atomic E-state index is 8.55. The summed E-state index contributed by atoms with van der Waals surface area (Å²) in [6.07, 6.45) is 0. The standard InChI is InChI=1S/Eu.La.2H3O4P/c;;2*1-5(2,3)4/h;;2*(H3,1,2,3,4)/q2*+3;;/p-6. The van der Waals surface area contributed by atoms with Crippen molar-refractivity contribution >= 4 is 15.6 Å². The van der Waals surface area contributed by atoms with Gasteiger partial charge in [-0.2, -0.15) is 15.6 Å². The molecule has 0 aliphatic rings. The summed E-state index contributed by atoms with van der Waals surface area (Å²) in [4.78, 5) is 51.3. The zero-order valence-electron chi connectivity index (χ0n) is 5.12. The van der Waals surface area contributed by atoms with Crippen molar-refractivity contribution in [2.24, 2.45) is 0 Å². The van der Waals surface area contributed by atoms with E-state index < -0.39 is 15.6 Å². The van der Waals surface area contributed by atoms with Crippen LogP contribution < -0.4 is 29.4 Å². The maximum Gasteiger partial charge on any atom is 3.00 e. The van der Waals surface area contributed by atoms with Crippen LogP contribution in [0.1, 0.15) is 0 Å². The summed E-state index contributed by atoms with van der Waals surface area (Å²) < 4.78 is 17.1. The van der Waals surface area contributed by atoms with Crippen LogP contribution in [0.5, 0.6) is 0 Å². The predicted molar refractivity (Wildman–Crippen MR) is 15.2 cm³/mol. The first-order valence-corrected chi connectivity index (χ1v) is 4.38. The minimum Gasteiger partial charge on any atom is -0.822 e. The van der Waals surface area contributed by atoms with Crippen molar-refractivity contribution in [3.63, 3.8) is 0 Å². The van der Waals surface area contributed by atoms with Crippen molar-refractivity contribution in [2.45, 2.75) is 0 Å². The van der Waals surface area contributed by atoms with Gasteiger partial charge < -0.3 is 38.5 Å². The van der Waals surface area contributed by atoms with E-state index in [1.54, 1.807) is 0 Å². The van der Waals surface area contributed by atoms with Crippen molar-refractivity contribution in [2.75, 3.05) is 0 Å². The molecule has 0 aromatic rings. The van der Waals surface area contributed by atoms with Crippen LogP contribution in [0.2, 0.25) is 0 Å². The minimum atomic E-state index is -5.39. The Labute approximate surface area is 136 Å². The zero-order chi connectivity index (χ0) is 9.00. The fourth-order valence-corrected chi connectivity index (χ4v) is 0. The zero-order valence-corrected chi connectivity index (χ0v) is 13.0. The normalized spacial score (nSPS) is 9.83. The van der Waals surface area contributed by atoms with Gasteiger partial charge in [0.1, 0.15) is 0 Å². The molecule has 0 amide bonds. The quantitative estimate of drug-likeness (QED) is 0.308. The second-order valence-corrected chi connectivity index (χ2v) is 2.68. The van der Waals surface area contributed by atoms with E-state index in [1.165, 1.54) is 0 Å². The summed E-state index contributed by atoms with van der Waals surface area (Å²) >= 11 is 0. The van der Waals surface area contributed by atoms with Gasteiger partial charge in [-0.15, -0.1) is 0 Å². The molecule has 0 heterocycles. The van der Waals surface area contributed by atoms with E-state index >= 15 is 0 Å². The molecule has 0 saturated carbocycles. The number of phosphoric acid groups is 2. The van der Waals surface area contributed by atoms with Gasteiger partial charge in [0.25, 0.3) is 0 Å². The smallest absolute Gasteiger partial charge is 0.822 e. The average molecular weight is 481 g/mol. The van der Waals surface area contributed by atoms with Crippen LogP contribution in [0.25, 0.3) is 0 Å². The van der Waals surface area contributed by atoms with Crippen LogP contribution in [-0.2, 0) is 9.13 Å². The third-order valence-corrected chi connectivity index (χ3v) is 0. The van der Waals surface area contributed by atoms with Gasteiger partial charge in [-0.3, -0.25) is 0 Å². The summed E-state index contributed by atoms with van der Waals surface area (Å²) in [6, 6.07) is 0. The molecule has 0 aliphatic carbocycles. The second-order valence-electron chi connectivity index (χ2n) is 0.894. The van der Waals surface area contributed by atoms with E-state index in [2.05, 4.69) is 0 Å². The van der Waals surface area contributed by atoms with Gasteiger partial charge in [0, 0.05) is 0 Å². The maximum atomic E-state index is 8.55. The molecule has 0 aromatic carbocycles. The van der Waals surface area contributed by atoms with Crippen LogP contribution in [0.4, 0.5) is 0 Å².